The summed E-state index contributed by atoms with van der Waals surface area (Å²) in [6, 6.07) is -0.0655. The van der Waals surface area contributed by atoms with Gasteiger partial charge in [-0.1, -0.05) is 0 Å². The van der Waals surface area contributed by atoms with Gasteiger partial charge in [-0.2, -0.15) is 0 Å². The van der Waals surface area contributed by atoms with Gasteiger partial charge in [-0.05, 0) is 6.92 Å². The fourth-order valence-electron chi connectivity index (χ4n) is 1.17. The minimum Gasteiger partial charge on any atom is -0.301 e. The molecule has 1 aromatic heterocycles. The van der Waals surface area contributed by atoms with Crippen molar-refractivity contribution in [2.24, 2.45) is 0 Å². The molecule has 0 bridgehead atoms. The van der Waals surface area contributed by atoms with Crippen LogP contribution in [0.2, 0.25) is 0 Å². The Kier molecular flexibility index (Phi) is 4.85. The van der Waals surface area contributed by atoms with Crippen LogP contribution in [0.4, 0.5) is 5.13 Å². The van der Waals surface area contributed by atoms with Crippen molar-refractivity contribution in [1.82, 2.24) is 10.3 Å². The third-order valence-electron chi connectivity index (χ3n) is 1.88. The molecule has 15 heavy (non-hydrogen) atoms. The first-order valence-electron chi connectivity index (χ1n) is 4.30. The fourth-order valence-corrected chi connectivity index (χ4v) is 2.78. The second-order valence-corrected chi connectivity index (χ2v) is 5.30. The van der Waals surface area contributed by atoms with Crippen LogP contribution in [-0.4, -0.2) is 28.6 Å². The van der Waals surface area contributed by atoms with E-state index in [1.165, 1.54) is 11.3 Å². The van der Waals surface area contributed by atoms with Gasteiger partial charge >= 0.3 is 0 Å². The van der Waals surface area contributed by atoms with Crippen molar-refractivity contribution in [2.75, 3.05) is 16.9 Å². The van der Waals surface area contributed by atoms with Crippen LogP contribution in [0.3, 0.4) is 0 Å². The molecule has 1 aromatic rings. The highest BCUT2D eigenvalue weighted by Gasteiger charge is 2.22. The minimum absolute atomic E-state index is 0. The molecule has 84 valence electrons. The zero-order valence-electron chi connectivity index (χ0n) is 8.15. The quantitative estimate of drug-likeness (QED) is 0.851. The number of thioether (sulfide) groups is 1. The van der Waals surface area contributed by atoms with Crippen molar-refractivity contribution < 1.29 is 4.79 Å². The monoisotopic (exact) mass is 265 g/mol. The smallest absolute Gasteiger partial charge is 0.244 e. The average molecular weight is 266 g/mol. The number of aryl methyl sites for hydroxylation is 1. The van der Waals surface area contributed by atoms with E-state index in [0.717, 1.165) is 16.5 Å². The number of aromatic nitrogens is 1. The number of carbonyl (C=O) groups is 1. The summed E-state index contributed by atoms with van der Waals surface area (Å²) in [4.78, 5) is 16.8. The van der Waals surface area contributed by atoms with Crippen LogP contribution in [0, 0.1) is 6.92 Å². The fraction of sp³-hybridized carbons (Fsp3) is 0.500. The van der Waals surface area contributed by atoms with E-state index in [4.69, 9.17) is 0 Å². The van der Waals surface area contributed by atoms with E-state index in [2.05, 4.69) is 15.6 Å². The van der Waals surface area contributed by atoms with Gasteiger partial charge in [0.1, 0.15) is 0 Å². The molecule has 2 N–H and O–H groups in total. The summed E-state index contributed by atoms with van der Waals surface area (Å²) >= 11 is 3.23. The Labute approximate surface area is 103 Å². The van der Waals surface area contributed by atoms with E-state index in [0.29, 0.717) is 5.13 Å². The van der Waals surface area contributed by atoms with Gasteiger partial charge in [0.05, 0.1) is 6.04 Å². The summed E-state index contributed by atoms with van der Waals surface area (Å²) in [5.74, 6) is 1.72. The van der Waals surface area contributed by atoms with Gasteiger partial charge in [0.2, 0.25) is 5.91 Å². The lowest BCUT2D eigenvalue weighted by molar-refractivity contribution is -0.117. The lowest BCUT2D eigenvalue weighted by Gasteiger charge is -2.07. The normalized spacial score (nSPS) is 19.7. The van der Waals surface area contributed by atoms with Crippen molar-refractivity contribution in [3.63, 3.8) is 0 Å². The lowest BCUT2D eigenvalue weighted by Crippen LogP contribution is -2.37. The summed E-state index contributed by atoms with van der Waals surface area (Å²) in [5.41, 5.74) is 0. The molecule has 0 saturated carbocycles. The van der Waals surface area contributed by atoms with Crippen LogP contribution < -0.4 is 10.6 Å². The van der Waals surface area contributed by atoms with E-state index in [9.17, 15) is 4.79 Å². The van der Waals surface area contributed by atoms with E-state index in [1.807, 2.05) is 6.92 Å². The zero-order valence-corrected chi connectivity index (χ0v) is 10.6. The van der Waals surface area contributed by atoms with Gasteiger partial charge < -0.3 is 5.32 Å². The van der Waals surface area contributed by atoms with E-state index in [-0.39, 0.29) is 24.4 Å². The molecule has 0 aromatic carbocycles. The molecule has 1 saturated heterocycles. The highest BCUT2D eigenvalue weighted by Crippen LogP contribution is 2.18. The minimum atomic E-state index is -0.0655. The summed E-state index contributed by atoms with van der Waals surface area (Å²) in [7, 11) is 0. The maximum absolute atomic E-state index is 11.6. The molecular weight excluding hydrogens is 254 g/mol. The van der Waals surface area contributed by atoms with E-state index in [1.54, 1.807) is 18.0 Å². The highest BCUT2D eigenvalue weighted by molar-refractivity contribution is 7.99. The summed E-state index contributed by atoms with van der Waals surface area (Å²) in [6.45, 7) is 1.97. The molecule has 1 atom stereocenters. The number of halogens is 1. The predicted octanol–water partition coefficient (Wildman–Crippen LogP) is 1.47. The third-order valence-corrected chi connectivity index (χ3v) is 3.65. The SMILES string of the molecule is Cc1cnc(NC(=O)C2CSCN2)s1.Cl. The molecule has 0 spiro atoms. The van der Waals surface area contributed by atoms with Gasteiger partial charge in [-0.15, -0.1) is 35.5 Å². The summed E-state index contributed by atoms with van der Waals surface area (Å²) in [5, 5.41) is 6.59. The maximum atomic E-state index is 11.6. The molecule has 1 amide bonds. The first kappa shape index (κ1) is 12.8. The third kappa shape index (κ3) is 3.34. The standard InChI is InChI=1S/C8H11N3OS2.ClH/c1-5-2-9-8(14-5)11-7(12)6-3-13-4-10-6;/h2,6,10H,3-4H2,1H3,(H,9,11,12);1H. The number of rotatable bonds is 2. The largest absolute Gasteiger partial charge is 0.301 e. The predicted molar refractivity (Wildman–Crippen MR) is 67.0 cm³/mol. The molecule has 0 aliphatic carbocycles. The van der Waals surface area contributed by atoms with E-state index >= 15 is 0 Å². The van der Waals surface area contributed by atoms with Crippen molar-refractivity contribution >= 4 is 46.5 Å². The maximum Gasteiger partial charge on any atom is 0.244 e. The Morgan fingerprint density at radius 1 is 1.73 bits per heavy atom. The molecule has 2 heterocycles. The highest BCUT2D eigenvalue weighted by atomic mass is 35.5. The molecule has 2 rings (SSSR count). The number of amides is 1. The van der Waals surface area contributed by atoms with Gasteiger partial charge in [0, 0.05) is 22.7 Å². The number of hydrogen-bond acceptors (Lipinski definition) is 5. The Bertz CT molecular complexity index is 338. The Morgan fingerprint density at radius 3 is 3.07 bits per heavy atom. The molecule has 4 nitrogen and oxygen atoms in total. The zero-order chi connectivity index (χ0) is 9.97. The first-order valence-corrected chi connectivity index (χ1v) is 6.27. The molecule has 1 aliphatic rings. The second kappa shape index (κ2) is 5.69. The Morgan fingerprint density at radius 2 is 2.53 bits per heavy atom. The Balaban J connectivity index is 0.00000112. The topological polar surface area (TPSA) is 54.0 Å². The van der Waals surface area contributed by atoms with Crippen LogP contribution >= 0.6 is 35.5 Å². The van der Waals surface area contributed by atoms with Crippen molar-refractivity contribution in [3.8, 4) is 0 Å². The van der Waals surface area contributed by atoms with Crippen molar-refractivity contribution in [1.29, 1.82) is 0 Å². The van der Waals surface area contributed by atoms with Crippen LogP contribution in [0.5, 0.6) is 0 Å². The van der Waals surface area contributed by atoms with Gasteiger partial charge in [-0.25, -0.2) is 4.98 Å². The lowest BCUT2D eigenvalue weighted by atomic mass is 10.3. The number of hydrogen-bond donors (Lipinski definition) is 2. The summed E-state index contributed by atoms with van der Waals surface area (Å²) in [6.07, 6.45) is 1.76. The van der Waals surface area contributed by atoms with Crippen LogP contribution in [0.1, 0.15) is 4.88 Å². The van der Waals surface area contributed by atoms with Gasteiger partial charge in [-0.3, -0.25) is 10.1 Å². The summed E-state index contributed by atoms with van der Waals surface area (Å²) < 4.78 is 0. The molecule has 1 fully saturated rings. The van der Waals surface area contributed by atoms with Gasteiger partial charge in [0.25, 0.3) is 0 Å². The number of carbonyl (C=O) groups excluding carboxylic acids is 1. The molecular formula is C8H12ClN3OS2. The Hall–Kier alpha value is -0.300. The van der Waals surface area contributed by atoms with Crippen LogP contribution in [-0.2, 0) is 4.79 Å². The number of nitrogens with one attached hydrogen (secondary N) is 2. The molecule has 1 unspecified atom stereocenters. The van der Waals surface area contributed by atoms with Crippen molar-refractivity contribution in [3.05, 3.63) is 11.1 Å². The molecule has 7 heteroatoms. The van der Waals surface area contributed by atoms with E-state index < -0.39 is 0 Å². The number of anilines is 1. The first-order chi connectivity index (χ1) is 6.75. The van der Waals surface area contributed by atoms with Gasteiger partial charge in [0.15, 0.2) is 5.13 Å². The van der Waals surface area contributed by atoms with Crippen molar-refractivity contribution in [2.45, 2.75) is 13.0 Å². The molecule has 1 aliphatic heterocycles. The average Bonchev–Trinajstić information content (AvgIpc) is 2.75. The van der Waals surface area contributed by atoms with Crippen LogP contribution in [0.25, 0.3) is 0 Å². The molecule has 0 radical (unpaired) electrons. The number of thiazole rings is 1. The number of nitrogens with zero attached hydrogens (tertiary/aromatic N) is 1. The van der Waals surface area contributed by atoms with Crippen LogP contribution in [0.15, 0.2) is 6.20 Å². The second-order valence-electron chi connectivity index (χ2n) is 3.04.